The summed E-state index contributed by atoms with van der Waals surface area (Å²) in [7, 11) is 0. The van der Waals surface area contributed by atoms with Crippen LogP contribution in [0.25, 0.3) is 0 Å². The zero-order chi connectivity index (χ0) is 20.4. The number of benzene rings is 1. The Morgan fingerprint density at radius 3 is 2.83 bits per heavy atom. The summed E-state index contributed by atoms with van der Waals surface area (Å²) in [5.41, 5.74) is 2.05. The van der Waals surface area contributed by atoms with Crippen LogP contribution in [0.15, 0.2) is 48.0 Å². The predicted octanol–water partition coefficient (Wildman–Crippen LogP) is 5.55. The van der Waals surface area contributed by atoms with Gasteiger partial charge in [0.05, 0.1) is 6.04 Å². The number of carbonyl (C=O) groups excluding carboxylic acids is 1. The number of fused-ring (bicyclic) bond motifs is 1. The van der Waals surface area contributed by atoms with E-state index in [0.29, 0.717) is 5.02 Å². The Morgan fingerprint density at radius 1 is 1.24 bits per heavy atom. The molecule has 8 heteroatoms. The first-order valence-corrected chi connectivity index (χ1v) is 10.7. The smallest absolute Gasteiger partial charge is 0.341 e. The number of aromatic nitrogens is 1. The normalized spacial score (nSPS) is 15.0. The Kier molecular flexibility index (Phi) is 6.15. The minimum atomic E-state index is -0.872. The SMILES string of the molecule is O=C(OCC(c1ccc(Cl)cc1)N1CCc2sccc2C1)c1ccnc(Cl)c1F. The Balaban J connectivity index is 1.55. The van der Waals surface area contributed by atoms with Gasteiger partial charge in [-0.3, -0.25) is 4.90 Å². The summed E-state index contributed by atoms with van der Waals surface area (Å²) in [5, 5.41) is 2.38. The summed E-state index contributed by atoms with van der Waals surface area (Å²) in [6, 6.07) is 10.7. The number of thiophene rings is 1. The molecule has 2 aromatic heterocycles. The molecular weight excluding hydrogens is 434 g/mol. The van der Waals surface area contributed by atoms with Crippen molar-refractivity contribution < 1.29 is 13.9 Å². The molecule has 150 valence electrons. The highest BCUT2D eigenvalue weighted by molar-refractivity contribution is 7.10. The molecule has 3 heterocycles. The lowest BCUT2D eigenvalue weighted by atomic mass is 10.0. The van der Waals surface area contributed by atoms with E-state index in [2.05, 4.69) is 21.3 Å². The van der Waals surface area contributed by atoms with Crippen molar-refractivity contribution in [2.75, 3.05) is 13.2 Å². The highest BCUT2D eigenvalue weighted by atomic mass is 35.5. The van der Waals surface area contributed by atoms with Gasteiger partial charge in [-0.25, -0.2) is 14.2 Å². The van der Waals surface area contributed by atoms with Crippen molar-refractivity contribution in [2.24, 2.45) is 0 Å². The number of hydrogen-bond acceptors (Lipinski definition) is 5. The molecule has 29 heavy (non-hydrogen) atoms. The Morgan fingerprint density at radius 2 is 2.03 bits per heavy atom. The Hall–Kier alpha value is -1.99. The summed E-state index contributed by atoms with van der Waals surface area (Å²) >= 11 is 13.5. The molecule has 4 nitrogen and oxygen atoms in total. The second kappa shape index (κ2) is 8.79. The van der Waals surface area contributed by atoms with Crippen LogP contribution in [0.5, 0.6) is 0 Å². The van der Waals surface area contributed by atoms with Crippen molar-refractivity contribution >= 4 is 40.5 Å². The minimum absolute atomic E-state index is 0.0827. The van der Waals surface area contributed by atoms with Gasteiger partial charge in [-0.15, -0.1) is 11.3 Å². The molecule has 1 aliphatic rings. The molecule has 3 aromatic rings. The molecular formula is C21H17Cl2FN2O2S. The van der Waals surface area contributed by atoms with Crippen molar-refractivity contribution in [1.82, 2.24) is 9.88 Å². The largest absolute Gasteiger partial charge is 0.460 e. The van der Waals surface area contributed by atoms with Gasteiger partial charge in [0.25, 0.3) is 0 Å². The summed E-state index contributed by atoms with van der Waals surface area (Å²) in [6.07, 6.45) is 2.22. The second-order valence-corrected chi connectivity index (χ2v) is 8.51. The van der Waals surface area contributed by atoms with Crippen molar-refractivity contribution in [1.29, 1.82) is 0 Å². The number of pyridine rings is 1. The van der Waals surface area contributed by atoms with E-state index in [0.717, 1.165) is 25.1 Å². The lowest BCUT2D eigenvalue weighted by Crippen LogP contribution is -2.36. The molecule has 0 saturated carbocycles. The quantitative estimate of drug-likeness (QED) is 0.377. The molecule has 0 saturated heterocycles. The van der Waals surface area contributed by atoms with E-state index < -0.39 is 11.8 Å². The van der Waals surface area contributed by atoms with E-state index in [1.807, 2.05) is 24.3 Å². The zero-order valence-corrected chi connectivity index (χ0v) is 17.6. The van der Waals surface area contributed by atoms with E-state index in [9.17, 15) is 9.18 Å². The van der Waals surface area contributed by atoms with Gasteiger partial charge in [-0.1, -0.05) is 35.3 Å². The fourth-order valence-electron chi connectivity index (χ4n) is 3.44. The van der Waals surface area contributed by atoms with Gasteiger partial charge >= 0.3 is 5.97 Å². The maximum atomic E-state index is 14.1. The van der Waals surface area contributed by atoms with Crippen LogP contribution >= 0.6 is 34.5 Å². The van der Waals surface area contributed by atoms with E-state index in [1.165, 1.54) is 22.7 Å². The number of halogens is 3. The third-order valence-corrected chi connectivity index (χ3v) is 6.51. The summed E-state index contributed by atoms with van der Waals surface area (Å²) in [6.45, 7) is 1.69. The highest BCUT2D eigenvalue weighted by Crippen LogP contribution is 2.31. The van der Waals surface area contributed by atoms with Crippen molar-refractivity contribution in [3.63, 3.8) is 0 Å². The maximum Gasteiger partial charge on any atom is 0.341 e. The van der Waals surface area contributed by atoms with Gasteiger partial charge in [0.2, 0.25) is 0 Å². The number of esters is 1. The third kappa shape index (κ3) is 4.46. The summed E-state index contributed by atoms with van der Waals surface area (Å²) in [5.74, 6) is -1.64. The van der Waals surface area contributed by atoms with E-state index >= 15 is 0 Å². The van der Waals surface area contributed by atoms with Gasteiger partial charge in [0, 0.05) is 29.2 Å². The van der Waals surface area contributed by atoms with Crippen molar-refractivity contribution in [2.45, 2.75) is 19.0 Å². The second-order valence-electron chi connectivity index (χ2n) is 6.72. The fraction of sp³-hybridized carbons (Fsp3) is 0.238. The topological polar surface area (TPSA) is 42.4 Å². The molecule has 0 aliphatic carbocycles. The molecule has 1 unspecified atom stereocenters. The molecule has 0 fully saturated rings. The molecule has 1 atom stereocenters. The first-order valence-electron chi connectivity index (χ1n) is 9.05. The maximum absolute atomic E-state index is 14.1. The fourth-order valence-corrected chi connectivity index (χ4v) is 4.62. The molecule has 0 amide bonds. The first-order chi connectivity index (χ1) is 14.0. The summed E-state index contributed by atoms with van der Waals surface area (Å²) < 4.78 is 19.6. The molecule has 0 N–H and O–H groups in total. The van der Waals surface area contributed by atoms with Crippen molar-refractivity contribution in [3.05, 3.63) is 85.5 Å². The lowest BCUT2D eigenvalue weighted by molar-refractivity contribution is 0.0321. The number of nitrogens with zero attached hydrogens (tertiary/aromatic N) is 2. The molecule has 4 rings (SSSR count). The third-order valence-electron chi connectivity index (χ3n) is 4.97. The average Bonchev–Trinajstić information content (AvgIpc) is 3.19. The standard InChI is InChI=1S/C21H17Cl2FN2O2S/c22-15-3-1-13(2-4-15)17(26-9-6-18-14(11-26)7-10-29-18)12-28-21(27)16-5-8-25-20(23)19(16)24/h1-5,7-8,10,17H,6,9,11-12H2. The van der Waals surface area contributed by atoms with Gasteiger partial charge in [0.15, 0.2) is 11.0 Å². The monoisotopic (exact) mass is 450 g/mol. The Labute approximate surface area is 181 Å². The van der Waals surface area contributed by atoms with Crippen LogP contribution in [0.3, 0.4) is 0 Å². The van der Waals surface area contributed by atoms with E-state index in [-0.39, 0.29) is 23.4 Å². The first kappa shape index (κ1) is 20.3. The van der Waals surface area contributed by atoms with Crippen LogP contribution in [0.1, 0.15) is 32.4 Å². The number of rotatable bonds is 5. The average molecular weight is 451 g/mol. The zero-order valence-electron chi connectivity index (χ0n) is 15.3. The van der Waals surface area contributed by atoms with Crippen LogP contribution in [0.4, 0.5) is 4.39 Å². The van der Waals surface area contributed by atoms with Gasteiger partial charge < -0.3 is 4.74 Å². The molecule has 1 aliphatic heterocycles. The van der Waals surface area contributed by atoms with Crippen LogP contribution in [-0.4, -0.2) is 29.0 Å². The van der Waals surface area contributed by atoms with Crippen LogP contribution < -0.4 is 0 Å². The Bertz CT molecular complexity index is 1030. The van der Waals surface area contributed by atoms with Crippen LogP contribution in [0, 0.1) is 5.82 Å². The number of hydrogen-bond donors (Lipinski definition) is 0. The van der Waals surface area contributed by atoms with E-state index in [1.54, 1.807) is 11.3 Å². The molecule has 0 bridgehead atoms. The lowest BCUT2D eigenvalue weighted by Gasteiger charge is -2.34. The minimum Gasteiger partial charge on any atom is -0.460 e. The molecule has 1 aromatic carbocycles. The van der Waals surface area contributed by atoms with E-state index in [4.69, 9.17) is 27.9 Å². The molecule has 0 spiro atoms. The number of carbonyl (C=O) groups is 1. The van der Waals surface area contributed by atoms with Crippen molar-refractivity contribution in [3.8, 4) is 0 Å². The number of ether oxygens (including phenoxy) is 1. The molecule has 0 radical (unpaired) electrons. The summed E-state index contributed by atoms with van der Waals surface area (Å²) in [4.78, 5) is 19.7. The van der Waals surface area contributed by atoms with Crippen LogP contribution in [-0.2, 0) is 17.7 Å². The van der Waals surface area contributed by atoms with Gasteiger partial charge in [-0.2, -0.15) is 0 Å². The van der Waals surface area contributed by atoms with Gasteiger partial charge in [0.1, 0.15) is 12.2 Å². The predicted molar refractivity (Wildman–Crippen MR) is 112 cm³/mol. The van der Waals surface area contributed by atoms with Gasteiger partial charge in [-0.05, 0) is 47.2 Å². The highest BCUT2D eigenvalue weighted by Gasteiger charge is 2.27. The van der Waals surface area contributed by atoms with Crippen LogP contribution in [0.2, 0.25) is 10.2 Å².